The number of nitrogens with one attached hydrogen (secondary N) is 1. The Morgan fingerprint density at radius 1 is 1.18 bits per heavy atom. The van der Waals surface area contributed by atoms with Gasteiger partial charge in [-0.15, -0.1) is 11.3 Å². The molecule has 0 bridgehead atoms. The number of piperidine rings is 1. The van der Waals surface area contributed by atoms with Crippen LogP contribution in [-0.4, -0.2) is 61.5 Å². The number of para-hydroxylation sites is 1. The number of sulfonamides is 2. The number of ether oxygens (including phenoxy) is 1. The second kappa shape index (κ2) is 9.71. The van der Waals surface area contributed by atoms with Gasteiger partial charge in [0.2, 0.25) is 0 Å². The van der Waals surface area contributed by atoms with Crippen molar-refractivity contribution in [2.45, 2.75) is 41.1 Å². The zero-order valence-electron chi connectivity index (χ0n) is 19.3. The highest BCUT2D eigenvalue weighted by Gasteiger charge is 2.35. The van der Waals surface area contributed by atoms with Crippen LogP contribution in [0.3, 0.4) is 0 Å². The Hall–Kier alpha value is -1.37. The van der Waals surface area contributed by atoms with Gasteiger partial charge in [-0.2, -0.15) is 0 Å². The molecule has 0 amide bonds. The molecular formula is C21H30ClN3O5S3. The van der Waals surface area contributed by atoms with E-state index in [-0.39, 0.29) is 19.9 Å². The molecule has 12 heteroatoms. The van der Waals surface area contributed by atoms with E-state index < -0.39 is 20.0 Å². The number of hydrogen-bond donors (Lipinski definition) is 1. The molecule has 1 fully saturated rings. The standard InChI is InChI=1S/C21H30ClN3O5S3/c1-21(2)11-12-25(15(13-21)14-30-5)20-16(22)7-6-8-17(20)23-32(26,27)18-9-10-19(31-18)33(28,29)24(3)4/h6-10,15,23H,11-14H2,1-5H3. The fourth-order valence-corrected chi connectivity index (χ4v) is 8.23. The molecule has 184 valence electrons. The fraction of sp³-hybridized carbons (Fsp3) is 0.524. The maximum Gasteiger partial charge on any atom is 0.271 e. The van der Waals surface area contributed by atoms with Gasteiger partial charge in [-0.3, -0.25) is 4.72 Å². The first kappa shape index (κ1) is 26.2. The number of rotatable bonds is 8. The van der Waals surface area contributed by atoms with E-state index in [0.29, 0.717) is 40.9 Å². The molecule has 1 N–H and O–H groups in total. The van der Waals surface area contributed by atoms with E-state index in [2.05, 4.69) is 23.5 Å². The van der Waals surface area contributed by atoms with Crippen molar-refractivity contribution in [3.8, 4) is 0 Å². The van der Waals surface area contributed by atoms with Gasteiger partial charge < -0.3 is 9.64 Å². The average Bonchev–Trinajstić information content (AvgIpc) is 3.21. The predicted octanol–water partition coefficient (Wildman–Crippen LogP) is 4.09. The molecule has 33 heavy (non-hydrogen) atoms. The van der Waals surface area contributed by atoms with Crippen LogP contribution in [0.25, 0.3) is 0 Å². The lowest BCUT2D eigenvalue weighted by Crippen LogP contribution is -2.48. The average molecular weight is 536 g/mol. The Bertz CT molecular complexity index is 1210. The molecule has 8 nitrogen and oxygen atoms in total. The van der Waals surface area contributed by atoms with Gasteiger partial charge in [0.15, 0.2) is 0 Å². The van der Waals surface area contributed by atoms with E-state index in [1.165, 1.54) is 26.2 Å². The van der Waals surface area contributed by atoms with Crippen molar-refractivity contribution in [3.63, 3.8) is 0 Å². The summed E-state index contributed by atoms with van der Waals surface area (Å²) in [7, 11) is -3.33. The molecule has 2 aromatic rings. The topological polar surface area (TPSA) is 96.0 Å². The maximum atomic E-state index is 13.2. The number of thiophene rings is 1. The molecule has 1 aromatic carbocycles. The molecule has 1 aliphatic heterocycles. The molecule has 2 heterocycles. The summed E-state index contributed by atoms with van der Waals surface area (Å²) in [6.07, 6.45) is 1.79. The van der Waals surface area contributed by atoms with Crippen LogP contribution in [0.5, 0.6) is 0 Å². The van der Waals surface area contributed by atoms with Crippen molar-refractivity contribution in [3.05, 3.63) is 35.4 Å². The van der Waals surface area contributed by atoms with Crippen molar-refractivity contribution >= 4 is 54.4 Å². The normalized spacial score (nSPS) is 19.1. The van der Waals surface area contributed by atoms with E-state index in [0.717, 1.165) is 17.1 Å². The molecule has 1 aliphatic rings. The maximum absolute atomic E-state index is 13.2. The van der Waals surface area contributed by atoms with Gasteiger partial charge in [-0.1, -0.05) is 31.5 Å². The number of benzene rings is 1. The van der Waals surface area contributed by atoms with Gasteiger partial charge in [0, 0.05) is 27.7 Å². The third-order valence-electron chi connectivity index (χ3n) is 5.69. The molecule has 1 saturated heterocycles. The molecule has 1 aromatic heterocycles. The summed E-state index contributed by atoms with van der Waals surface area (Å²) < 4.78 is 60.1. The fourth-order valence-electron chi connectivity index (χ4n) is 3.94. The molecule has 0 radical (unpaired) electrons. The Morgan fingerprint density at radius 3 is 2.48 bits per heavy atom. The third kappa shape index (κ3) is 5.66. The minimum Gasteiger partial charge on any atom is -0.383 e. The Balaban J connectivity index is 1.97. The number of halogens is 1. The lowest BCUT2D eigenvalue weighted by atomic mass is 9.78. The van der Waals surface area contributed by atoms with Gasteiger partial charge in [0.25, 0.3) is 20.0 Å². The monoisotopic (exact) mass is 535 g/mol. The van der Waals surface area contributed by atoms with Crippen LogP contribution in [0.1, 0.15) is 26.7 Å². The van der Waals surface area contributed by atoms with Crippen LogP contribution in [0.2, 0.25) is 5.02 Å². The first-order chi connectivity index (χ1) is 15.3. The summed E-state index contributed by atoms with van der Waals surface area (Å²) in [4.78, 5) is 2.10. The van der Waals surface area contributed by atoms with Crippen LogP contribution in [0.4, 0.5) is 11.4 Å². The zero-order valence-corrected chi connectivity index (χ0v) is 22.5. The Morgan fingerprint density at radius 2 is 1.85 bits per heavy atom. The van der Waals surface area contributed by atoms with E-state index in [4.69, 9.17) is 16.3 Å². The quantitative estimate of drug-likeness (QED) is 0.547. The van der Waals surface area contributed by atoms with Crippen molar-refractivity contribution in [1.82, 2.24) is 4.31 Å². The van der Waals surface area contributed by atoms with Crippen molar-refractivity contribution < 1.29 is 21.6 Å². The largest absolute Gasteiger partial charge is 0.383 e. The summed E-state index contributed by atoms with van der Waals surface area (Å²) in [6, 6.07) is 7.69. The van der Waals surface area contributed by atoms with E-state index in [9.17, 15) is 16.8 Å². The van der Waals surface area contributed by atoms with Crippen LogP contribution >= 0.6 is 22.9 Å². The second-order valence-electron chi connectivity index (χ2n) is 9.02. The number of anilines is 2. The number of methoxy groups -OCH3 is 1. The molecule has 0 saturated carbocycles. The zero-order chi connectivity index (χ0) is 24.6. The van der Waals surface area contributed by atoms with Crippen molar-refractivity contribution in [1.29, 1.82) is 0 Å². The van der Waals surface area contributed by atoms with Crippen molar-refractivity contribution in [2.75, 3.05) is 44.0 Å². The van der Waals surface area contributed by atoms with Crippen LogP contribution in [0.15, 0.2) is 38.8 Å². The lowest BCUT2D eigenvalue weighted by molar-refractivity contribution is 0.132. The molecule has 1 unspecified atom stereocenters. The van der Waals surface area contributed by atoms with E-state index in [1.807, 2.05) is 0 Å². The SMILES string of the molecule is COCC1CC(C)(C)CCN1c1c(Cl)cccc1NS(=O)(=O)c1ccc(S(=O)(=O)N(C)C)s1. The molecule has 3 rings (SSSR count). The van der Waals surface area contributed by atoms with Gasteiger partial charge in [0.1, 0.15) is 8.42 Å². The highest BCUT2D eigenvalue weighted by molar-refractivity contribution is 7.96. The van der Waals surface area contributed by atoms with Gasteiger partial charge in [-0.05, 0) is 42.5 Å². The molecule has 0 spiro atoms. The Kier molecular flexibility index (Phi) is 7.72. The summed E-state index contributed by atoms with van der Waals surface area (Å²) in [5.41, 5.74) is 1.07. The summed E-state index contributed by atoms with van der Waals surface area (Å²) in [5.74, 6) is 0. The highest BCUT2D eigenvalue weighted by Crippen LogP contribution is 2.43. The van der Waals surface area contributed by atoms with Gasteiger partial charge in [-0.25, -0.2) is 21.1 Å². The third-order valence-corrected chi connectivity index (χ3v) is 11.2. The van der Waals surface area contributed by atoms with Gasteiger partial charge in [0.05, 0.1) is 29.0 Å². The van der Waals surface area contributed by atoms with Crippen LogP contribution in [-0.2, 0) is 24.8 Å². The number of hydrogen-bond acceptors (Lipinski definition) is 7. The second-order valence-corrected chi connectivity index (χ2v) is 14.8. The first-order valence-corrected chi connectivity index (χ1v) is 14.5. The summed E-state index contributed by atoms with van der Waals surface area (Å²) in [5, 5.41) is 0.429. The summed E-state index contributed by atoms with van der Waals surface area (Å²) in [6.45, 7) is 5.60. The summed E-state index contributed by atoms with van der Waals surface area (Å²) >= 11 is 7.28. The van der Waals surface area contributed by atoms with Crippen molar-refractivity contribution in [2.24, 2.45) is 5.41 Å². The Labute approximate surface area is 205 Å². The smallest absolute Gasteiger partial charge is 0.271 e. The molecule has 1 atom stereocenters. The first-order valence-electron chi connectivity index (χ1n) is 10.4. The lowest BCUT2D eigenvalue weighted by Gasteiger charge is -2.45. The van der Waals surface area contributed by atoms with E-state index >= 15 is 0 Å². The number of nitrogens with zero attached hydrogens (tertiary/aromatic N) is 2. The molecule has 0 aliphatic carbocycles. The minimum atomic E-state index is -4.04. The highest BCUT2D eigenvalue weighted by atomic mass is 35.5. The van der Waals surface area contributed by atoms with Crippen LogP contribution < -0.4 is 9.62 Å². The van der Waals surface area contributed by atoms with Crippen LogP contribution in [0, 0.1) is 5.41 Å². The minimum absolute atomic E-state index is 0.0282. The van der Waals surface area contributed by atoms with Gasteiger partial charge >= 0.3 is 0 Å². The van der Waals surface area contributed by atoms with E-state index in [1.54, 1.807) is 25.3 Å². The molecular weight excluding hydrogens is 506 g/mol. The predicted molar refractivity (Wildman–Crippen MR) is 133 cm³/mol.